The number of benzene rings is 3. The van der Waals surface area contributed by atoms with Gasteiger partial charge in [0.1, 0.15) is 17.3 Å². The molecule has 9 nitrogen and oxygen atoms in total. The Kier molecular flexibility index (Phi) is 6.36. The highest BCUT2D eigenvalue weighted by Crippen LogP contribution is 2.39. The van der Waals surface area contributed by atoms with Crippen LogP contribution in [0.25, 0.3) is 10.1 Å². The highest BCUT2D eigenvalue weighted by Gasteiger charge is 2.38. The van der Waals surface area contributed by atoms with Gasteiger partial charge in [0.05, 0.1) is 27.7 Å². The monoisotopic (exact) mass is 535 g/mol. The van der Waals surface area contributed by atoms with E-state index in [0.29, 0.717) is 28.1 Å². The number of nitrogens with zero attached hydrogens (tertiary/aromatic N) is 3. The minimum absolute atomic E-state index is 0.126. The fourth-order valence-electron chi connectivity index (χ4n) is 4.09. The first-order valence-corrected chi connectivity index (χ1v) is 12.4. The average molecular weight is 536 g/mol. The Morgan fingerprint density at radius 3 is 2.30 bits per heavy atom. The summed E-state index contributed by atoms with van der Waals surface area (Å²) in [7, 11) is 0. The zero-order valence-electron chi connectivity index (χ0n) is 19.3. The molecule has 0 spiro atoms. The van der Waals surface area contributed by atoms with E-state index in [2.05, 4.69) is 0 Å². The minimum atomic E-state index is -0.561. The fraction of sp³-hybridized carbons (Fsp3) is 0.115. The van der Waals surface area contributed by atoms with Gasteiger partial charge in [0.2, 0.25) is 0 Å². The number of hydrogen-bond donors (Lipinski definition) is 0. The fourth-order valence-corrected chi connectivity index (χ4v) is 5.58. The number of nitro groups is 1. The molecular weight excluding hydrogens is 518 g/mol. The molecular formula is C26H18ClN3O6S. The van der Waals surface area contributed by atoms with Gasteiger partial charge in [0.15, 0.2) is 0 Å². The van der Waals surface area contributed by atoms with Crippen LogP contribution in [0.15, 0.2) is 66.7 Å². The van der Waals surface area contributed by atoms with Gasteiger partial charge in [-0.05, 0) is 49.4 Å². The Bertz CT molecular complexity index is 1550. The third kappa shape index (κ3) is 4.30. The lowest BCUT2D eigenvalue weighted by atomic mass is 10.1. The number of anilines is 1. The molecule has 0 saturated carbocycles. The summed E-state index contributed by atoms with van der Waals surface area (Å²) < 4.78 is 5.96. The summed E-state index contributed by atoms with van der Waals surface area (Å²) in [6.45, 7) is 1.95. The third-order valence-corrected chi connectivity index (χ3v) is 7.53. The smallest absolute Gasteiger partial charge is 0.271 e. The van der Waals surface area contributed by atoms with E-state index >= 15 is 0 Å². The van der Waals surface area contributed by atoms with Gasteiger partial charge >= 0.3 is 0 Å². The van der Waals surface area contributed by atoms with Crippen LogP contribution in [-0.2, 0) is 0 Å². The molecule has 5 rings (SSSR count). The molecule has 3 amide bonds. The number of non-ortho nitro benzene ring substituents is 1. The maximum Gasteiger partial charge on any atom is 0.271 e. The van der Waals surface area contributed by atoms with Crippen LogP contribution in [0, 0.1) is 10.1 Å². The van der Waals surface area contributed by atoms with E-state index in [-0.39, 0.29) is 33.4 Å². The number of ether oxygens (including phenoxy) is 1. The number of carbonyl (C=O) groups excluding carboxylic acids is 3. The van der Waals surface area contributed by atoms with Gasteiger partial charge in [0, 0.05) is 27.9 Å². The molecule has 186 valence electrons. The molecule has 4 aromatic rings. The molecule has 0 atom stereocenters. The van der Waals surface area contributed by atoms with Crippen LogP contribution in [0.1, 0.15) is 37.3 Å². The molecule has 0 bridgehead atoms. The summed E-state index contributed by atoms with van der Waals surface area (Å²) in [5.41, 5.74) is 0.806. The Morgan fingerprint density at radius 2 is 1.70 bits per heavy atom. The van der Waals surface area contributed by atoms with E-state index in [4.69, 9.17) is 16.3 Å². The Morgan fingerprint density at radius 1 is 1.05 bits per heavy atom. The van der Waals surface area contributed by atoms with E-state index in [1.54, 1.807) is 48.5 Å². The summed E-state index contributed by atoms with van der Waals surface area (Å²) in [6.07, 6.45) is 0. The van der Waals surface area contributed by atoms with Crippen molar-refractivity contribution in [2.45, 2.75) is 6.92 Å². The van der Waals surface area contributed by atoms with Gasteiger partial charge < -0.3 is 4.74 Å². The van der Waals surface area contributed by atoms with E-state index in [9.17, 15) is 24.5 Å². The van der Waals surface area contributed by atoms with E-state index in [1.807, 2.05) is 6.92 Å². The van der Waals surface area contributed by atoms with Gasteiger partial charge in [-0.25, -0.2) is 0 Å². The Hall–Kier alpha value is -4.28. The molecule has 0 saturated heterocycles. The number of thiophene rings is 1. The lowest BCUT2D eigenvalue weighted by molar-refractivity contribution is -0.384. The lowest BCUT2D eigenvalue weighted by Gasteiger charge is -2.27. The second kappa shape index (κ2) is 9.64. The predicted octanol–water partition coefficient (Wildman–Crippen LogP) is 5.76. The number of amides is 3. The van der Waals surface area contributed by atoms with Gasteiger partial charge in [0.25, 0.3) is 23.4 Å². The first kappa shape index (κ1) is 24.4. The molecule has 1 aliphatic heterocycles. The number of nitro benzene ring substituents is 1. The number of halogens is 1. The summed E-state index contributed by atoms with van der Waals surface area (Å²) in [5.74, 6) is -0.994. The SMILES string of the molecule is CCOc1ccc(N(CN2C(=O)c3ccccc3C2=O)C(=O)c2sc3cc([N+](=O)[O-])ccc3c2Cl)cc1. The molecule has 3 aromatic carbocycles. The van der Waals surface area contributed by atoms with Gasteiger partial charge in [-0.3, -0.25) is 34.3 Å². The topological polar surface area (TPSA) is 110 Å². The molecule has 0 aliphatic carbocycles. The highest BCUT2D eigenvalue weighted by atomic mass is 35.5. The molecule has 1 aromatic heterocycles. The maximum absolute atomic E-state index is 13.9. The average Bonchev–Trinajstić information content (AvgIpc) is 3.36. The Labute approximate surface area is 219 Å². The van der Waals surface area contributed by atoms with Crippen LogP contribution in [0.4, 0.5) is 11.4 Å². The van der Waals surface area contributed by atoms with Crippen molar-refractivity contribution >= 4 is 62.1 Å². The van der Waals surface area contributed by atoms with Crippen LogP contribution in [-0.4, -0.2) is 40.8 Å². The van der Waals surface area contributed by atoms with Crippen LogP contribution in [0.2, 0.25) is 5.02 Å². The van der Waals surface area contributed by atoms with Crippen molar-refractivity contribution in [2.75, 3.05) is 18.2 Å². The third-order valence-electron chi connectivity index (χ3n) is 5.88. The van der Waals surface area contributed by atoms with E-state index in [0.717, 1.165) is 16.2 Å². The molecule has 0 unspecified atom stereocenters. The van der Waals surface area contributed by atoms with Crippen LogP contribution in [0.5, 0.6) is 5.75 Å². The molecule has 0 fully saturated rings. The number of carbonyl (C=O) groups is 3. The molecule has 0 radical (unpaired) electrons. The zero-order valence-corrected chi connectivity index (χ0v) is 20.9. The highest BCUT2D eigenvalue weighted by molar-refractivity contribution is 7.21. The van der Waals surface area contributed by atoms with Crippen molar-refractivity contribution in [1.29, 1.82) is 0 Å². The van der Waals surface area contributed by atoms with Gasteiger partial charge in [-0.2, -0.15) is 0 Å². The first-order valence-electron chi connectivity index (χ1n) is 11.2. The summed E-state index contributed by atoms with van der Waals surface area (Å²) in [5, 5.41) is 11.8. The molecule has 2 heterocycles. The first-order chi connectivity index (χ1) is 17.8. The number of rotatable bonds is 7. The van der Waals surface area contributed by atoms with Crippen LogP contribution >= 0.6 is 22.9 Å². The summed E-state index contributed by atoms with van der Waals surface area (Å²) in [6, 6.07) is 17.3. The van der Waals surface area contributed by atoms with Gasteiger partial charge in [-0.15, -0.1) is 11.3 Å². The molecule has 1 aliphatic rings. The predicted molar refractivity (Wildman–Crippen MR) is 140 cm³/mol. The van der Waals surface area contributed by atoms with Gasteiger partial charge in [-0.1, -0.05) is 23.7 Å². The Balaban J connectivity index is 1.56. The van der Waals surface area contributed by atoms with E-state index in [1.165, 1.54) is 23.1 Å². The molecule has 11 heteroatoms. The summed E-state index contributed by atoms with van der Waals surface area (Å²) in [4.78, 5) is 53.1. The molecule has 37 heavy (non-hydrogen) atoms. The number of fused-ring (bicyclic) bond motifs is 2. The maximum atomic E-state index is 13.9. The van der Waals surface area contributed by atoms with E-state index < -0.39 is 22.6 Å². The number of hydrogen-bond acceptors (Lipinski definition) is 7. The van der Waals surface area contributed by atoms with Crippen LogP contribution < -0.4 is 9.64 Å². The van der Waals surface area contributed by atoms with Crippen molar-refractivity contribution in [2.24, 2.45) is 0 Å². The lowest BCUT2D eigenvalue weighted by Crippen LogP contribution is -2.44. The van der Waals surface area contributed by atoms with Crippen LogP contribution in [0.3, 0.4) is 0 Å². The van der Waals surface area contributed by atoms with Crippen molar-refractivity contribution in [1.82, 2.24) is 4.90 Å². The quantitative estimate of drug-likeness (QED) is 0.169. The standard InChI is InChI=1S/C26H18ClN3O6S/c1-2-36-17-10-7-15(8-11-17)28(14-29-24(31)18-5-3-4-6-19(18)25(29)32)26(33)23-22(27)20-12-9-16(30(34)35)13-21(20)37-23/h3-13H,2,14H2,1H3. The number of imide groups is 1. The van der Waals surface area contributed by atoms with Crippen molar-refractivity contribution in [3.63, 3.8) is 0 Å². The molecule has 0 N–H and O–H groups in total. The summed E-state index contributed by atoms with van der Waals surface area (Å²) >= 11 is 7.56. The minimum Gasteiger partial charge on any atom is -0.494 e. The van der Waals surface area contributed by atoms with Crippen molar-refractivity contribution < 1.29 is 24.0 Å². The van der Waals surface area contributed by atoms with Crippen molar-refractivity contribution in [3.05, 3.63) is 97.9 Å². The largest absolute Gasteiger partial charge is 0.494 e. The second-order valence-electron chi connectivity index (χ2n) is 8.07. The second-order valence-corrected chi connectivity index (χ2v) is 9.50. The normalized spacial score (nSPS) is 12.6. The zero-order chi connectivity index (χ0) is 26.3. The van der Waals surface area contributed by atoms with Crippen molar-refractivity contribution in [3.8, 4) is 5.75 Å².